The molecule has 4 rings (SSSR count). The second kappa shape index (κ2) is 8.61. The number of aromatic nitrogens is 2. The molecule has 6 nitrogen and oxygen atoms in total. The van der Waals surface area contributed by atoms with E-state index in [9.17, 15) is 8.42 Å². The van der Waals surface area contributed by atoms with Gasteiger partial charge in [-0.1, -0.05) is 54.6 Å². The number of hydrogen-bond donors (Lipinski definition) is 0. The SMILES string of the molecule is CN(CCc1ccccn1)S(=O)(=O)c1nc(-c2ccccc2)oc1-c1ccccc1. The number of likely N-dealkylation sites (N-methyl/N-ethyl adjacent to an activating group) is 1. The lowest BCUT2D eigenvalue weighted by molar-refractivity contribution is 0.468. The smallest absolute Gasteiger partial charge is 0.264 e. The Morgan fingerprint density at radius 3 is 2.13 bits per heavy atom. The predicted molar refractivity (Wildman–Crippen MR) is 115 cm³/mol. The molecule has 0 atom stereocenters. The van der Waals surface area contributed by atoms with E-state index in [1.54, 1.807) is 13.2 Å². The molecule has 0 aliphatic heterocycles. The van der Waals surface area contributed by atoms with Crippen LogP contribution < -0.4 is 0 Å². The second-order valence-corrected chi connectivity index (χ2v) is 8.74. The van der Waals surface area contributed by atoms with Gasteiger partial charge in [-0.05, 0) is 24.3 Å². The maximum Gasteiger partial charge on any atom is 0.264 e. The zero-order chi connectivity index (χ0) is 21.0. The molecule has 0 bridgehead atoms. The first-order valence-electron chi connectivity index (χ1n) is 9.53. The Balaban J connectivity index is 1.71. The third-order valence-electron chi connectivity index (χ3n) is 4.72. The second-order valence-electron chi connectivity index (χ2n) is 6.78. The van der Waals surface area contributed by atoms with Crippen LogP contribution in [0.3, 0.4) is 0 Å². The summed E-state index contributed by atoms with van der Waals surface area (Å²) in [7, 11) is -2.33. The van der Waals surface area contributed by atoms with E-state index in [2.05, 4.69) is 9.97 Å². The molecule has 4 aromatic rings. The van der Waals surface area contributed by atoms with E-state index in [4.69, 9.17) is 4.42 Å². The van der Waals surface area contributed by atoms with Crippen LogP contribution in [0.4, 0.5) is 0 Å². The van der Waals surface area contributed by atoms with Crippen molar-refractivity contribution in [2.45, 2.75) is 11.4 Å². The van der Waals surface area contributed by atoms with Crippen LogP contribution in [-0.2, 0) is 16.4 Å². The van der Waals surface area contributed by atoms with Crippen LogP contribution in [0.2, 0.25) is 0 Å². The van der Waals surface area contributed by atoms with Gasteiger partial charge in [0.1, 0.15) is 0 Å². The molecular formula is C23H21N3O3S. The van der Waals surface area contributed by atoms with Crippen molar-refractivity contribution in [1.29, 1.82) is 0 Å². The number of hydrogen-bond acceptors (Lipinski definition) is 5. The van der Waals surface area contributed by atoms with E-state index in [0.717, 1.165) is 5.69 Å². The first-order chi connectivity index (χ1) is 14.6. The highest BCUT2D eigenvalue weighted by atomic mass is 32.2. The Bertz CT molecular complexity index is 1210. The number of nitrogens with zero attached hydrogens (tertiary/aromatic N) is 3. The standard InChI is InChI=1S/C23H21N3O3S/c1-26(17-15-20-14-8-9-16-24-20)30(27,28)23-21(18-10-4-2-5-11-18)29-22(25-23)19-12-6-3-7-13-19/h2-14,16H,15,17H2,1H3. The van der Waals surface area contributed by atoms with Gasteiger partial charge in [-0.25, -0.2) is 8.42 Å². The number of sulfonamides is 1. The van der Waals surface area contributed by atoms with Gasteiger partial charge in [0.15, 0.2) is 5.76 Å². The highest BCUT2D eigenvalue weighted by molar-refractivity contribution is 7.89. The van der Waals surface area contributed by atoms with Crippen molar-refractivity contribution in [3.8, 4) is 22.8 Å². The van der Waals surface area contributed by atoms with Gasteiger partial charge in [0.05, 0.1) is 0 Å². The lowest BCUT2D eigenvalue weighted by Gasteiger charge is -2.15. The van der Waals surface area contributed by atoms with Crippen LogP contribution in [0.15, 0.2) is 94.5 Å². The van der Waals surface area contributed by atoms with Crippen molar-refractivity contribution in [1.82, 2.24) is 14.3 Å². The van der Waals surface area contributed by atoms with Crippen molar-refractivity contribution in [2.75, 3.05) is 13.6 Å². The Morgan fingerprint density at radius 2 is 1.50 bits per heavy atom. The average Bonchev–Trinajstić information content (AvgIpc) is 3.26. The third kappa shape index (κ3) is 4.17. The van der Waals surface area contributed by atoms with Crippen LogP contribution in [0, 0.1) is 0 Å². The number of rotatable bonds is 7. The van der Waals surface area contributed by atoms with Crippen molar-refractivity contribution < 1.29 is 12.8 Å². The van der Waals surface area contributed by atoms with E-state index in [0.29, 0.717) is 17.5 Å². The molecule has 0 N–H and O–H groups in total. The molecule has 0 radical (unpaired) electrons. The molecule has 30 heavy (non-hydrogen) atoms. The maximum absolute atomic E-state index is 13.4. The summed E-state index contributed by atoms with van der Waals surface area (Å²) in [5.74, 6) is 0.505. The third-order valence-corrected chi connectivity index (χ3v) is 6.48. The van der Waals surface area contributed by atoms with Gasteiger partial charge in [-0.15, -0.1) is 0 Å². The summed E-state index contributed by atoms with van der Waals surface area (Å²) in [6, 6.07) is 24.0. The summed E-state index contributed by atoms with van der Waals surface area (Å²) in [5, 5.41) is -0.0870. The molecule has 0 fully saturated rings. The highest BCUT2D eigenvalue weighted by Gasteiger charge is 2.30. The first kappa shape index (κ1) is 20.0. The minimum absolute atomic E-state index is 0.0870. The van der Waals surface area contributed by atoms with Crippen LogP contribution in [0.5, 0.6) is 0 Å². The van der Waals surface area contributed by atoms with E-state index in [1.165, 1.54) is 4.31 Å². The Hall–Kier alpha value is -3.29. The fourth-order valence-electron chi connectivity index (χ4n) is 3.04. The summed E-state index contributed by atoms with van der Waals surface area (Å²) in [5.41, 5.74) is 2.20. The van der Waals surface area contributed by atoms with E-state index >= 15 is 0 Å². The normalized spacial score (nSPS) is 11.7. The fourth-order valence-corrected chi connectivity index (χ4v) is 4.26. The summed E-state index contributed by atoms with van der Waals surface area (Å²) >= 11 is 0. The Morgan fingerprint density at radius 1 is 0.867 bits per heavy atom. The monoisotopic (exact) mass is 419 g/mol. The summed E-state index contributed by atoms with van der Waals surface area (Å²) in [6.07, 6.45) is 2.20. The molecule has 152 valence electrons. The van der Waals surface area contributed by atoms with Crippen LogP contribution in [0.25, 0.3) is 22.8 Å². The molecule has 0 unspecified atom stereocenters. The van der Waals surface area contributed by atoms with Crippen molar-refractivity contribution in [3.63, 3.8) is 0 Å². The van der Waals surface area contributed by atoms with E-state index in [1.807, 2.05) is 78.9 Å². The quantitative estimate of drug-likeness (QED) is 0.447. The van der Waals surface area contributed by atoms with Gasteiger partial charge in [-0.2, -0.15) is 9.29 Å². The molecule has 2 heterocycles. The Labute approximate surface area is 175 Å². The molecule has 0 aliphatic carbocycles. The molecule has 0 saturated heterocycles. The summed E-state index contributed by atoms with van der Waals surface area (Å²) in [4.78, 5) is 8.65. The van der Waals surface area contributed by atoms with Gasteiger partial charge < -0.3 is 4.42 Å². The summed E-state index contributed by atoms with van der Waals surface area (Å²) in [6.45, 7) is 0.279. The van der Waals surface area contributed by atoms with Crippen molar-refractivity contribution >= 4 is 10.0 Å². The molecular weight excluding hydrogens is 398 g/mol. The largest absolute Gasteiger partial charge is 0.435 e. The molecule has 0 spiro atoms. The zero-order valence-electron chi connectivity index (χ0n) is 16.5. The minimum Gasteiger partial charge on any atom is -0.435 e. The molecule has 2 aromatic carbocycles. The van der Waals surface area contributed by atoms with Gasteiger partial charge in [0.25, 0.3) is 10.0 Å². The molecule has 0 amide bonds. The van der Waals surface area contributed by atoms with Gasteiger partial charge in [0.2, 0.25) is 10.9 Å². The molecule has 2 aromatic heterocycles. The predicted octanol–water partition coefficient (Wildman–Crippen LogP) is 4.27. The molecule has 7 heteroatoms. The van der Waals surface area contributed by atoms with Crippen LogP contribution in [-0.4, -0.2) is 36.3 Å². The van der Waals surface area contributed by atoms with Gasteiger partial charge >= 0.3 is 0 Å². The fraction of sp³-hybridized carbons (Fsp3) is 0.130. The maximum atomic E-state index is 13.4. The van der Waals surface area contributed by atoms with Crippen molar-refractivity contribution in [2.24, 2.45) is 0 Å². The summed E-state index contributed by atoms with van der Waals surface area (Å²) < 4.78 is 34.0. The van der Waals surface area contributed by atoms with Crippen LogP contribution >= 0.6 is 0 Å². The number of pyridine rings is 1. The minimum atomic E-state index is -3.87. The zero-order valence-corrected chi connectivity index (χ0v) is 17.3. The average molecular weight is 420 g/mol. The first-order valence-corrected chi connectivity index (χ1v) is 11.0. The van der Waals surface area contributed by atoms with Gasteiger partial charge in [-0.3, -0.25) is 4.98 Å². The number of oxazole rings is 1. The lowest BCUT2D eigenvalue weighted by Crippen LogP contribution is -2.29. The van der Waals surface area contributed by atoms with E-state index in [-0.39, 0.29) is 23.2 Å². The topological polar surface area (TPSA) is 76.3 Å². The number of benzene rings is 2. The van der Waals surface area contributed by atoms with Crippen molar-refractivity contribution in [3.05, 3.63) is 90.8 Å². The lowest BCUT2D eigenvalue weighted by atomic mass is 10.2. The van der Waals surface area contributed by atoms with E-state index < -0.39 is 10.0 Å². The highest BCUT2D eigenvalue weighted by Crippen LogP contribution is 2.33. The van der Waals surface area contributed by atoms with Gasteiger partial charge in [0, 0.05) is 43.0 Å². The Kier molecular flexibility index (Phi) is 5.74. The molecule has 0 aliphatic rings. The molecule has 0 saturated carbocycles. The van der Waals surface area contributed by atoms with Crippen LogP contribution in [0.1, 0.15) is 5.69 Å².